The van der Waals surface area contributed by atoms with Gasteiger partial charge in [0, 0.05) is 12.0 Å². The van der Waals surface area contributed by atoms with Crippen LogP contribution in [0.15, 0.2) is 22.6 Å². The highest BCUT2D eigenvalue weighted by Gasteiger charge is 2.12. The van der Waals surface area contributed by atoms with Gasteiger partial charge >= 0.3 is 0 Å². The quantitative estimate of drug-likeness (QED) is 0.897. The van der Waals surface area contributed by atoms with Gasteiger partial charge in [0.25, 0.3) is 6.01 Å². The molecule has 18 heavy (non-hydrogen) atoms. The molecule has 0 aliphatic heterocycles. The van der Waals surface area contributed by atoms with Gasteiger partial charge in [-0.05, 0) is 25.1 Å². The van der Waals surface area contributed by atoms with Gasteiger partial charge in [0.1, 0.15) is 17.3 Å². The normalized spacial score (nSPS) is 10.4. The lowest BCUT2D eigenvalue weighted by Gasteiger charge is -2.09. The Hall–Kier alpha value is -2.17. The predicted octanol–water partition coefficient (Wildman–Crippen LogP) is 2.17. The number of nitrogen functional groups attached to an aromatic ring is 1. The molecule has 96 valence electrons. The van der Waals surface area contributed by atoms with Crippen LogP contribution in [-0.2, 0) is 6.42 Å². The predicted molar refractivity (Wildman–Crippen MR) is 68.0 cm³/mol. The molecule has 1 aromatic heterocycles. The van der Waals surface area contributed by atoms with Gasteiger partial charge < -0.3 is 19.6 Å². The van der Waals surface area contributed by atoms with E-state index in [1.54, 1.807) is 14.2 Å². The molecular weight excluding hydrogens is 232 g/mol. The Balaban J connectivity index is 2.35. The molecule has 0 saturated carbocycles. The fourth-order valence-electron chi connectivity index (χ4n) is 1.81. The van der Waals surface area contributed by atoms with E-state index in [1.807, 2.05) is 25.1 Å². The second-order valence-corrected chi connectivity index (χ2v) is 3.91. The summed E-state index contributed by atoms with van der Waals surface area (Å²) in [6.45, 7) is 1.84. The third-order valence-electron chi connectivity index (χ3n) is 2.75. The van der Waals surface area contributed by atoms with Crippen LogP contribution in [0.3, 0.4) is 0 Å². The summed E-state index contributed by atoms with van der Waals surface area (Å²) in [6, 6.07) is 5.83. The molecular formula is C13H16N2O3. The smallest absolute Gasteiger partial charge is 0.292 e. The van der Waals surface area contributed by atoms with E-state index >= 15 is 0 Å². The summed E-state index contributed by atoms with van der Waals surface area (Å²) in [4.78, 5) is 4.15. The molecule has 0 aliphatic rings. The highest BCUT2D eigenvalue weighted by molar-refractivity contribution is 5.42. The molecule has 0 fully saturated rings. The maximum atomic E-state index is 5.53. The van der Waals surface area contributed by atoms with Crippen LogP contribution in [-0.4, -0.2) is 19.2 Å². The molecule has 0 unspecified atom stereocenters. The number of anilines is 1. The number of hydrogen-bond acceptors (Lipinski definition) is 5. The number of nitrogens with two attached hydrogens (primary N) is 1. The molecule has 0 spiro atoms. The molecule has 0 aliphatic carbocycles. The maximum absolute atomic E-state index is 5.53. The monoisotopic (exact) mass is 248 g/mol. The van der Waals surface area contributed by atoms with E-state index in [-0.39, 0.29) is 6.01 Å². The molecule has 2 N–H and O–H groups in total. The number of oxazole rings is 1. The van der Waals surface area contributed by atoms with Gasteiger partial charge in [-0.25, -0.2) is 0 Å². The number of nitrogens with zero attached hydrogens (tertiary/aromatic N) is 1. The van der Waals surface area contributed by atoms with Crippen molar-refractivity contribution in [2.45, 2.75) is 13.3 Å². The minimum atomic E-state index is 0.185. The lowest BCUT2D eigenvalue weighted by molar-refractivity contribution is 0.399. The second-order valence-electron chi connectivity index (χ2n) is 3.91. The number of rotatable bonds is 4. The Morgan fingerprint density at radius 3 is 2.61 bits per heavy atom. The lowest BCUT2D eigenvalue weighted by Crippen LogP contribution is -1.97. The van der Waals surface area contributed by atoms with Crippen molar-refractivity contribution in [1.29, 1.82) is 0 Å². The van der Waals surface area contributed by atoms with E-state index in [0.29, 0.717) is 6.42 Å². The van der Waals surface area contributed by atoms with Crippen molar-refractivity contribution in [3.63, 3.8) is 0 Å². The molecule has 2 aromatic rings. The van der Waals surface area contributed by atoms with Crippen molar-refractivity contribution in [2.75, 3.05) is 20.0 Å². The van der Waals surface area contributed by atoms with Crippen molar-refractivity contribution in [3.8, 4) is 11.5 Å². The molecule has 5 nitrogen and oxygen atoms in total. The van der Waals surface area contributed by atoms with Gasteiger partial charge in [-0.3, -0.25) is 0 Å². The first-order valence-corrected chi connectivity index (χ1v) is 5.56. The zero-order chi connectivity index (χ0) is 13.1. The Morgan fingerprint density at radius 1 is 1.28 bits per heavy atom. The lowest BCUT2D eigenvalue weighted by atomic mass is 10.1. The molecule has 0 bridgehead atoms. The van der Waals surface area contributed by atoms with Crippen molar-refractivity contribution in [3.05, 3.63) is 35.2 Å². The maximum Gasteiger partial charge on any atom is 0.292 e. The molecule has 1 aromatic carbocycles. The van der Waals surface area contributed by atoms with Gasteiger partial charge in [0.05, 0.1) is 19.9 Å². The van der Waals surface area contributed by atoms with Gasteiger partial charge in [-0.15, -0.1) is 0 Å². The molecule has 0 saturated heterocycles. The fourth-order valence-corrected chi connectivity index (χ4v) is 1.81. The number of ether oxygens (including phenoxy) is 2. The third-order valence-corrected chi connectivity index (χ3v) is 2.75. The Kier molecular flexibility index (Phi) is 3.41. The Labute approximate surface area is 106 Å². The van der Waals surface area contributed by atoms with Gasteiger partial charge in [-0.2, -0.15) is 4.98 Å². The topological polar surface area (TPSA) is 70.5 Å². The first-order chi connectivity index (χ1) is 8.63. The zero-order valence-corrected chi connectivity index (χ0v) is 10.7. The van der Waals surface area contributed by atoms with Crippen LogP contribution in [0.1, 0.15) is 17.0 Å². The second kappa shape index (κ2) is 5.00. The van der Waals surface area contributed by atoms with Gasteiger partial charge in [-0.1, -0.05) is 0 Å². The zero-order valence-electron chi connectivity index (χ0n) is 10.7. The van der Waals surface area contributed by atoms with Crippen molar-refractivity contribution >= 4 is 6.01 Å². The number of aromatic nitrogens is 1. The van der Waals surface area contributed by atoms with Crippen LogP contribution in [0.25, 0.3) is 0 Å². The summed E-state index contributed by atoms with van der Waals surface area (Å²) < 4.78 is 15.7. The van der Waals surface area contributed by atoms with E-state index < -0.39 is 0 Å². The van der Waals surface area contributed by atoms with Crippen molar-refractivity contribution in [2.24, 2.45) is 0 Å². The minimum absolute atomic E-state index is 0.185. The molecule has 5 heteroatoms. The summed E-state index contributed by atoms with van der Waals surface area (Å²) >= 11 is 0. The number of aryl methyl sites for hydroxylation is 1. The minimum Gasteiger partial charge on any atom is -0.497 e. The fraction of sp³-hybridized carbons (Fsp3) is 0.308. The molecule has 2 rings (SSSR count). The number of methoxy groups -OCH3 is 2. The first-order valence-electron chi connectivity index (χ1n) is 5.56. The van der Waals surface area contributed by atoms with E-state index in [4.69, 9.17) is 19.6 Å². The van der Waals surface area contributed by atoms with E-state index in [1.165, 1.54) is 0 Å². The van der Waals surface area contributed by atoms with Crippen LogP contribution < -0.4 is 15.2 Å². The summed E-state index contributed by atoms with van der Waals surface area (Å²) in [5, 5.41) is 0. The molecule has 0 radical (unpaired) electrons. The Bertz CT molecular complexity index is 549. The van der Waals surface area contributed by atoms with Crippen LogP contribution in [0.5, 0.6) is 11.5 Å². The van der Waals surface area contributed by atoms with E-state index in [0.717, 1.165) is 28.5 Å². The average molecular weight is 248 g/mol. The first kappa shape index (κ1) is 12.3. The molecule has 0 atom stereocenters. The van der Waals surface area contributed by atoms with Crippen LogP contribution >= 0.6 is 0 Å². The van der Waals surface area contributed by atoms with Crippen molar-refractivity contribution < 1.29 is 13.9 Å². The van der Waals surface area contributed by atoms with Gasteiger partial charge in [0.15, 0.2) is 0 Å². The molecule has 1 heterocycles. The highest BCUT2D eigenvalue weighted by Crippen LogP contribution is 2.27. The van der Waals surface area contributed by atoms with Crippen LogP contribution in [0.2, 0.25) is 0 Å². The number of hydrogen-bond donors (Lipinski definition) is 1. The number of benzene rings is 1. The summed E-state index contributed by atoms with van der Waals surface area (Å²) in [5.74, 6) is 2.29. The summed E-state index contributed by atoms with van der Waals surface area (Å²) in [6.07, 6.45) is 0.590. The van der Waals surface area contributed by atoms with Crippen LogP contribution in [0, 0.1) is 6.92 Å². The summed E-state index contributed by atoms with van der Waals surface area (Å²) in [7, 11) is 3.26. The average Bonchev–Trinajstić information content (AvgIpc) is 2.67. The molecule has 0 amide bonds. The van der Waals surface area contributed by atoms with E-state index in [9.17, 15) is 0 Å². The Morgan fingerprint density at radius 2 is 2.06 bits per heavy atom. The van der Waals surface area contributed by atoms with Crippen LogP contribution in [0.4, 0.5) is 6.01 Å². The standard InChI is InChI=1S/C13H16N2O3/c1-8-11(15-13(14)18-8)7-9-6-10(16-2)4-5-12(9)17-3/h4-6H,7H2,1-3H3,(H2,14,15). The largest absolute Gasteiger partial charge is 0.497 e. The highest BCUT2D eigenvalue weighted by atomic mass is 16.5. The SMILES string of the molecule is COc1ccc(OC)c(Cc2nc(N)oc2C)c1. The van der Waals surface area contributed by atoms with Crippen molar-refractivity contribution in [1.82, 2.24) is 4.98 Å². The van der Waals surface area contributed by atoms with Gasteiger partial charge in [0.2, 0.25) is 0 Å². The van der Waals surface area contributed by atoms with E-state index in [2.05, 4.69) is 4.98 Å². The summed E-state index contributed by atoms with van der Waals surface area (Å²) in [5.41, 5.74) is 7.31. The third kappa shape index (κ3) is 2.40.